The summed E-state index contributed by atoms with van der Waals surface area (Å²) in [7, 11) is 0. The highest BCUT2D eigenvalue weighted by Crippen LogP contribution is 2.16. The molecular weight excluding hydrogens is 243 g/mol. The lowest BCUT2D eigenvalue weighted by Crippen LogP contribution is -2.13. The van der Waals surface area contributed by atoms with Crippen LogP contribution in [0.5, 0.6) is 0 Å². The van der Waals surface area contributed by atoms with E-state index in [1.807, 2.05) is 6.07 Å². The number of carbonyl (C=O) groups excluding carboxylic acids is 1. The Kier molecular flexibility index (Phi) is 3.58. The number of nitrogens with one attached hydrogen (secondary N) is 1. The second-order valence-corrected chi connectivity index (χ2v) is 4.08. The van der Waals surface area contributed by atoms with Gasteiger partial charge in [0.2, 0.25) is 0 Å². The van der Waals surface area contributed by atoms with E-state index in [1.54, 1.807) is 43.3 Å². The van der Waals surface area contributed by atoms with E-state index >= 15 is 0 Å². The van der Waals surface area contributed by atoms with Gasteiger partial charge in [-0.15, -0.1) is 0 Å². The van der Waals surface area contributed by atoms with Gasteiger partial charge < -0.3 is 5.32 Å². The summed E-state index contributed by atoms with van der Waals surface area (Å²) >= 11 is 0. The molecule has 1 N–H and O–H groups in total. The summed E-state index contributed by atoms with van der Waals surface area (Å²) in [6.45, 7) is 1.63. The van der Waals surface area contributed by atoms with Crippen LogP contribution in [0, 0.1) is 24.1 Å². The third-order valence-corrected chi connectivity index (χ3v) is 2.73. The second kappa shape index (κ2) is 5.32. The molecular formula is C15H11FN2O. The summed E-state index contributed by atoms with van der Waals surface area (Å²) < 4.78 is 13.4. The number of anilines is 1. The molecule has 0 aliphatic heterocycles. The van der Waals surface area contributed by atoms with E-state index in [2.05, 4.69) is 5.32 Å². The van der Waals surface area contributed by atoms with Crippen molar-refractivity contribution in [2.24, 2.45) is 0 Å². The smallest absolute Gasteiger partial charge is 0.255 e. The first kappa shape index (κ1) is 12.8. The number of benzene rings is 2. The maximum absolute atomic E-state index is 13.4. The van der Waals surface area contributed by atoms with E-state index in [-0.39, 0.29) is 5.56 Å². The first-order valence-electron chi connectivity index (χ1n) is 5.68. The van der Waals surface area contributed by atoms with Gasteiger partial charge in [0.1, 0.15) is 11.9 Å². The lowest BCUT2D eigenvalue weighted by atomic mass is 10.1. The number of carbonyl (C=O) groups is 1. The van der Waals surface area contributed by atoms with Crippen LogP contribution < -0.4 is 5.32 Å². The average molecular weight is 254 g/mol. The number of rotatable bonds is 2. The Morgan fingerprint density at radius 2 is 2.00 bits per heavy atom. The van der Waals surface area contributed by atoms with Crippen LogP contribution in [0.3, 0.4) is 0 Å². The molecule has 1 amide bonds. The van der Waals surface area contributed by atoms with Crippen LogP contribution in [0.2, 0.25) is 0 Å². The molecule has 0 unspecified atom stereocenters. The molecule has 94 valence electrons. The predicted molar refractivity (Wildman–Crippen MR) is 70.2 cm³/mol. The molecule has 0 saturated carbocycles. The number of nitriles is 1. The fraction of sp³-hybridized carbons (Fsp3) is 0.0667. The van der Waals surface area contributed by atoms with E-state index in [0.717, 1.165) is 0 Å². The maximum Gasteiger partial charge on any atom is 0.255 e. The first-order chi connectivity index (χ1) is 9.11. The van der Waals surface area contributed by atoms with Crippen LogP contribution in [0.25, 0.3) is 0 Å². The Morgan fingerprint density at radius 3 is 2.68 bits per heavy atom. The number of halogens is 1. The average Bonchev–Trinajstić information content (AvgIpc) is 2.42. The van der Waals surface area contributed by atoms with Gasteiger partial charge in [0.25, 0.3) is 5.91 Å². The van der Waals surface area contributed by atoms with Gasteiger partial charge in [0.15, 0.2) is 0 Å². The van der Waals surface area contributed by atoms with Crippen molar-refractivity contribution in [3.63, 3.8) is 0 Å². The first-order valence-corrected chi connectivity index (χ1v) is 5.68. The summed E-state index contributed by atoms with van der Waals surface area (Å²) in [5.41, 5.74) is 1.48. The molecule has 0 aliphatic rings. The quantitative estimate of drug-likeness (QED) is 0.894. The second-order valence-electron chi connectivity index (χ2n) is 4.08. The van der Waals surface area contributed by atoms with Crippen LogP contribution in [0.1, 0.15) is 21.5 Å². The van der Waals surface area contributed by atoms with Crippen molar-refractivity contribution >= 4 is 11.6 Å². The fourth-order valence-electron chi connectivity index (χ4n) is 1.62. The van der Waals surface area contributed by atoms with Crippen molar-refractivity contribution in [2.75, 3.05) is 5.32 Å². The van der Waals surface area contributed by atoms with Crippen molar-refractivity contribution in [1.82, 2.24) is 0 Å². The maximum atomic E-state index is 13.4. The lowest BCUT2D eigenvalue weighted by Gasteiger charge is -2.07. The Balaban J connectivity index is 2.26. The Labute approximate surface area is 110 Å². The minimum absolute atomic E-state index is 0.218. The van der Waals surface area contributed by atoms with E-state index < -0.39 is 11.7 Å². The zero-order valence-electron chi connectivity index (χ0n) is 10.3. The van der Waals surface area contributed by atoms with E-state index in [4.69, 9.17) is 5.26 Å². The van der Waals surface area contributed by atoms with Gasteiger partial charge in [0.05, 0.1) is 11.3 Å². The number of hydrogen-bond donors (Lipinski definition) is 1. The molecule has 2 aromatic carbocycles. The monoisotopic (exact) mass is 254 g/mol. The summed E-state index contributed by atoms with van der Waals surface area (Å²) in [4.78, 5) is 12.0. The molecule has 0 spiro atoms. The normalized spacial score (nSPS) is 9.74. The van der Waals surface area contributed by atoms with Gasteiger partial charge >= 0.3 is 0 Å². The van der Waals surface area contributed by atoms with E-state index in [9.17, 15) is 9.18 Å². The Bertz CT molecular complexity index is 674. The van der Waals surface area contributed by atoms with Crippen molar-refractivity contribution in [3.05, 3.63) is 65.0 Å². The van der Waals surface area contributed by atoms with Gasteiger partial charge in [-0.25, -0.2) is 4.39 Å². The number of aryl methyl sites for hydroxylation is 1. The van der Waals surface area contributed by atoms with Crippen molar-refractivity contribution < 1.29 is 9.18 Å². The lowest BCUT2D eigenvalue weighted by molar-refractivity contribution is 0.102. The fourth-order valence-corrected chi connectivity index (χ4v) is 1.62. The molecule has 0 radical (unpaired) electrons. The Hall–Kier alpha value is -2.67. The highest BCUT2D eigenvalue weighted by Gasteiger charge is 2.10. The molecule has 0 bridgehead atoms. The highest BCUT2D eigenvalue weighted by molar-refractivity contribution is 6.04. The minimum Gasteiger partial charge on any atom is -0.321 e. The number of hydrogen-bond acceptors (Lipinski definition) is 2. The largest absolute Gasteiger partial charge is 0.321 e. The van der Waals surface area contributed by atoms with E-state index in [0.29, 0.717) is 16.8 Å². The molecule has 0 aromatic heterocycles. The Morgan fingerprint density at radius 1 is 1.26 bits per heavy atom. The molecule has 4 heteroatoms. The van der Waals surface area contributed by atoms with Gasteiger partial charge in [-0.3, -0.25) is 4.79 Å². The molecule has 2 aromatic rings. The summed E-state index contributed by atoms with van der Waals surface area (Å²) in [6.07, 6.45) is 0. The molecule has 0 saturated heterocycles. The molecule has 0 aliphatic carbocycles. The zero-order chi connectivity index (χ0) is 13.8. The van der Waals surface area contributed by atoms with Crippen molar-refractivity contribution in [2.45, 2.75) is 6.92 Å². The molecule has 19 heavy (non-hydrogen) atoms. The van der Waals surface area contributed by atoms with Crippen LogP contribution in [-0.2, 0) is 0 Å². The molecule has 0 atom stereocenters. The van der Waals surface area contributed by atoms with Crippen LogP contribution in [0.15, 0.2) is 42.5 Å². The van der Waals surface area contributed by atoms with Gasteiger partial charge in [-0.05, 0) is 36.8 Å². The predicted octanol–water partition coefficient (Wildman–Crippen LogP) is 3.26. The molecule has 3 nitrogen and oxygen atoms in total. The summed E-state index contributed by atoms with van der Waals surface area (Å²) in [5.74, 6) is -0.872. The molecule has 0 fully saturated rings. The topological polar surface area (TPSA) is 52.9 Å². The zero-order valence-corrected chi connectivity index (χ0v) is 10.3. The van der Waals surface area contributed by atoms with Crippen molar-refractivity contribution in [1.29, 1.82) is 5.26 Å². The summed E-state index contributed by atoms with van der Waals surface area (Å²) in [5, 5.41) is 11.5. The number of para-hydroxylation sites is 1. The van der Waals surface area contributed by atoms with E-state index in [1.165, 1.54) is 6.07 Å². The molecule has 2 rings (SSSR count). The number of nitrogens with zero attached hydrogens (tertiary/aromatic N) is 1. The van der Waals surface area contributed by atoms with Crippen LogP contribution in [-0.4, -0.2) is 5.91 Å². The minimum atomic E-state index is -0.443. The summed E-state index contributed by atoms with van der Waals surface area (Å²) in [6, 6.07) is 12.9. The third kappa shape index (κ3) is 2.78. The highest BCUT2D eigenvalue weighted by atomic mass is 19.1. The van der Waals surface area contributed by atoms with Gasteiger partial charge in [-0.1, -0.05) is 18.2 Å². The van der Waals surface area contributed by atoms with Crippen LogP contribution in [0.4, 0.5) is 10.1 Å². The van der Waals surface area contributed by atoms with Gasteiger partial charge in [-0.2, -0.15) is 5.26 Å². The van der Waals surface area contributed by atoms with Gasteiger partial charge in [0, 0.05) is 5.56 Å². The third-order valence-electron chi connectivity index (χ3n) is 2.73. The standard InChI is InChI=1S/C15H11FN2O/c1-10-6-7-11(8-13(10)16)15(19)18-14-5-3-2-4-12(14)9-17/h2-8H,1H3,(H,18,19). The number of amides is 1. The molecule has 0 heterocycles. The SMILES string of the molecule is Cc1ccc(C(=O)Nc2ccccc2C#N)cc1F. The van der Waals surface area contributed by atoms with Crippen molar-refractivity contribution in [3.8, 4) is 6.07 Å². The van der Waals surface area contributed by atoms with Crippen LogP contribution >= 0.6 is 0 Å².